The molecule has 0 aliphatic carbocycles. The fraction of sp³-hybridized carbons (Fsp3) is 0. The Hall–Kier alpha value is -1.70. The van der Waals surface area contributed by atoms with Crippen LogP contribution in [0.15, 0.2) is 42.5 Å². The van der Waals surface area contributed by atoms with Crippen molar-refractivity contribution in [1.29, 1.82) is 0 Å². The minimum atomic E-state index is -0.821. The zero-order chi connectivity index (χ0) is 13.8. The van der Waals surface area contributed by atoms with Crippen LogP contribution in [0, 0.1) is 15.2 Å². The van der Waals surface area contributed by atoms with Crippen LogP contribution < -0.4 is 10.6 Å². The second-order valence-electron chi connectivity index (χ2n) is 3.71. The summed E-state index contributed by atoms with van der Waals surface area (Å²) >= 11 is 2.11. The molecule has 0 atom stereocenters. The number of halogens is 3. The van der Waals surface area contributed by atoms with E-state index in [2.05, 4.69) is 33.2 Å². The highest BCUT2D eigenvalue weighted by Crippen LogP contribution is 2.16. The normalized spacial score (nSPS) is 10.1. The molecule has 2 N–H and O–H groups in total. The number of hydrogen-bond donors (Lipinski definition) is 2. The van der Waals surface area contributed by atoms with Crippen molar-refractivity contribution in [2.75, 3.05) is 10.6 Å². The summed E-state index contributed by atoms with van der Waals surface area (Å²) in [5.41, 5.74) is 0.511. The molecule has 0 bridgehead atoms. The van der Waals surface area contributed by atoms with Crippen LogP contribution in [-0.4, -0.2) is 6.03 Å². The van der Waals surface area contributed by atoms with Crippen LogP contribution in [0.2, 0.25) is 0 Å². The number of hydrogen-bond acceptors (Lipinski definition) is 1. The third-order valence-corrected chi connectivity index (χ3v) is 2.93. The average Bonchev–Trinajstić information content (AvgIpc) is 2.33. The molecule has 98 valence electrons. The van der Waals surface area contributed by atoms with E-state index in [4.69, 9.17) is 0 Å². The van der Waals surface area contributed by atoms with E-state index in [1.165, 1.54) is 6.07 Å². The van der Waals surface area contributed by atoms with E-state index >= 15 is 0 Å². The molecule has 6 heteroatoms. The maximum atomic E-state index is 13.3. The Kier molecular flexibility index (Phi) is 4.31. The highest BCUT2D eigenvalue weighted by atomic mass is 127. The first-order valence-corrected chi connectivity index (χ1v) is 6.41. The van der Waals surface area contributed by atoms with Gasteiger partial charge < -0.3 is 10.6 Å². The number of benzene rings is 2. The number of amides is 2. The standard InChI is InChI=1S/C13H9F2IN2O/c14-8-4-5-12(11(15)6-8)18-13(19)17-10-3-1-2-9(16)7-10/h1-7H,(H2,17,18,19). The summed E-state index contributed by atoms with van der Waals surface area (Å²) in [4.78, 5) is 11.6. The quantitative estimate of drug-likeness (QED) is 0.760. The van der Waals surface area contributed by atoms with Crippen LogP contribution in [0.3, 0.4) is 0 Å². The van der Waals surface area contributed by atoms with Gasteiger partial charge in [0.1, 0.15) is 11.6 Å². The number of carbonyl (C=O) groups is 1. The molecular weight excluding hydrogens is 365 g/mol. The Labute approximate surface area is 122 Å². The molecule has 2 amide bonds. The van der Waals surface area contributed by atoms with Crippen LogP contribution in [0.4, 0.5) is 25.0 Å². The predicted octanol–water partition coefficient (Wildman–Crippen LogP) is 4.21. The molecule has 0 spiro atoms. The summed E-state index contributed by atoms with van der Waals surface area (Å²) in [7, 11) is 0. The van der Waals surface area contributed by atoms with E-state index < -0.39 is 17.7 Å². The maximum absolute atomic E-state index is 13.3. The fourth-order valence-corrected chi connectivity index (χ4v) is 1.98. The summed E-state index contributed by atoms with van der Waals surface area (Å²) in [5.74, 6) is -1.51. The average molecular weight is 374 g/mol. The molecule has 2 aromatic rings. The topological polar surface area (TPSA) is 41.1 Å². The van der Waals surface area contributed by atoms with Gasteiger partial charge in [0.25, 0.3) is 0 Å². The molecule has 0 aliphatic heterocycles. The number of nitrogens with one attached hydrogen (secondary N) is 2. The second kappa shape index (κ2) is 5.96. The Balaban J connectivity index is 2.05. The Morgan fingerprint density at radius 2 is 1.84 bits per heavy atom. The van der Waals surface area contributed by atoms with Crippen LogP contribution in [0.1, 0.15) is 0 Å². The molecule has 2 rings (SSSR count). The van der Waals surface area contributed by atoms with E-state index in [0.717, 1.165) is 9.64 Å². The third kappa shape index (κ3) is 3.88. The van der Waals surface area contributed by atoms with Gasteiger partial charge in [0.05, 0.1) is 5.69 Å². The monoisotopic (exact) mass is 374 g/mol. The second-order valence-corrected chi connectivity index (χ2v) is 4.96. The van der Waals surface area contributed by atoms with Crippen molar-refractivity contribution < 1.29 is 13.6 Å². The molecular formula is C13H9F2IN2O. The van der Waals surface area contributed by atoms with Gasteiger partial charge in [0, 0.05) is 15.3 Å². The van der Waals surface area contributed by atoms with Crippen molar-refractivity contribution in [3.63, 3.8) is 0 Å². The van der Waals surface area contributed by atoms with Crippen LogP contribution in [-0.2, 0) is 0 Å². The molecule has 0 saturated carbocycles. The number of anilines is 2. The summed E-state index contributed by atoms with van der Waals surface area (Å²) in [6, 6.07) is 9.50. The molecule has 0 aliphatic rings. The van der Waals surface area contributed by atoms with Gasteiger partial charge in [0.2, 0.25) is 0 Å². The van der Waals surface area contributed by atoms with Crippen molar-refractivity contribution in [3.05, 3.63) is 57.7 Å². The largest absolute Gasteiger partial charge is 0.323 e. The van der Waals surface area contributed by atoms with Crippen molar-refractivity contribution >= 4 is 40.0 Å². The van der Waals surface area contributed by atoms with Gasteiger partial charge in [-0.3, -0.25) is 0 Å². The van der Waals surface area contributed by atoms with E-state index in [1.54, 1.807) is 18.2 Å². The Bertz CT molecular complexity index is 619. The summed E-state index contributed by atoms with van der Waals surface area (Å²) in [6.07, 6.45) is 0. The molecule has 0 saturated heterocycles. The third-order valence-electron chi connectivity index (χ3n) is 2.26. The fourth-order valence-electron chi connectivity index (χ4n) is 1.44. The van der Waals surface area contributed by atoms with Gasteiger partial charge in [-0.1, -0.05) is 6.07 Å². The molecule has 2 aromatic carbocycles. The zero-order valence-corrected chi connectivity index (χ0v) is 11.7. The van der Waals surface area contributed by atoms with E-state index in [1.807, 2.05) is 6.07 Å². The van der Waals surface area contributed by atoms with Gasteiger partial charge in [0.15, 0.2) is 0 Å². The van der Waals surface area contributed by atoms with E-state index in [0.29, 0.717) is 11.8 Å². The SMILES string of the molecule is O=C(Nc1cccc(I)c1)Nc1ccc(F)cc1F. The first kappa shape index (κ1) is 13.7. The van der Waals surface area contributed by atoms with Crippen LogP contribution in [0.5, 0.6) is 0 Å². The number of urea groups is 1. The van der Waals surface area contributed by atoms with Crippen molar-refractivity contribution in [2.45, 2.75) is 0 Å². The lowest BCUT2D eigenvalue weighted by atomic mass is 10.3. The summed E-state index contributed by atoms with van der Waals surface area (Å²) in [6.45, 7) is 0. The number of carbonyl (C=O) groups excluding carboxylic acids is 1. The lowest BCUT2D eigenvalue weighted by Gasteiger charge is -2.08. The molecule has 0 heterocycles. The summed E-state index contributed by atoms with van der Waals surface area (Å²) in [5, 5.41) is 4.87. The first-order chi connectivity index (χ1) is 9.04. The lowest BCUT2D eigenvalue weighted by molar-refractivity contribution is 0.262. The van der Waals surface area contributed by atoms with Crippen molar-refractivity contribution in [1.82, 2.24) is 0 Å². The van der Waals surface area contributed by atoms with Crippen molar-refractivity contribution in [3.8, 4) is 0 Å². The lowest BCUT2D eigenvalue weighted by Crippen LogP contribution is -2.20. The van der Waals surface area contributed by atoms with E-state index in [-0.39, 0.29) is 5.69 Å². The van der Waals surface area contributed by atoms with Gasteiger partial charge in [-0.25, -0.2) is 13.6 Å². The van der Waals surface area contributed by atoms with E-state index in [9.17, 15) is 13.6 Å². The van der Waals surface area contributed by atoms with Crippen LogP contribution in [0.25, 0.3) is 0 Å². The smallest absolute Gasteiger partial charge is 0.308 e. The van der Waals surface area contributed by atoms with Gasteiger partial charge in [-0.05, 0) is 52.9 Å². The summed E-state index contributed by atoms with van der Waals surface area (Å²) < 4.78 is 27.0. The van der Waals surface area contributed by atoms with Gasteiger partial charge in [-0.2, -0.15) is 0 Å². The van der Waals surface area contributed by atoms with Gasteiger partial charge >= 0.3 is 6.03 Å². The minimum absolute atomic E-state index is 0.0791. The maximum Gasteiger partial charge on any atom is 0.323 e. The Morgan fingerprint density at radius 3 is 2.53 bits per heavy atom. The Morgan fingerprint density at radius 1 is 1.05 bits per heavy atom. The number of rotatable bonds is 2. The molecule has 0 unspecified atom stereocenters. The highest BCUT2D eigenvalue weighted by Gasteiger charge is 2.08. The molecule has 0 fully saturated rings. The predicted molar refractivity (Wildman–Crippen MR) is 78.2 cm³/mol. The molecule has 19 heavy (non-hydrogen) atoms. The zero-order valence-electron chi connectivity index (χ0n) is 9.58. The first-order valence-electron chi connectivity index (χ1n) is 5.33. The van der Waals surface area contributed by atoms with Crippen LogP contribution >= 0.6 is 22.6 Å². The molecule has 0 radical (unpaired) electrons. The molecule has 0 aromatic heterocycles. The minimum Gasteiger partial charge on any atom is -0.308 e. The van der Waals surface area contributed by atoms with Crippen molar-refractivity contribution in [2.24, 2.45) is 0 Å². The molecule has 3 nitrogen and oxygen atoms in total. The highest BCUT2D eigenvalue weighted by molar-refractivity contribution is 14.1. The van der Waals surface area contributed by atoms with Gasteiger partial charge in [-0.15, -0.1) is 0 Å².